The Morgan fingerprint density at radius 2 is 1.81 bits per heavy atom. The van der Waals surface area contributed by atoms with Crippen molar-refractivity contribution in [2.45, 2.75) is 58.1 Å². The van der Waals surface area contributed by atoms with Crippen LogP contribution in [0.15, 0.2) is 21.5 Å². The van der Waals surface area contributed by atoms with E-state index < -0.39 is 10.0 Å². The van der Waals surface area contributed by atoms with E-state index in [-0.39, 0.29) is 6.04 Å². The van der Waals surface area contributed by atoms with Gasteiger partial charge >= 0.3 is 0 Å². The van der Waals surface area contributed by atoms with E-state index in [2.05, 4.69) is 35.1 Å². The standard InChI is InChI=1S/C15H25BrN2O2S/c1-10(2)17-9-13-7-12(5)15(16)14(8-13)21(19,20)18(6)11(3)4/h7-8,10-11,17H,9H2,1-6H3. The Balaban J connectivity index is 3.29. The van der Waals surface area contributed by atoms with Crippen molar-refractivity contribution in [1.29, 1.82) is 0 Å². The van der Waals surface area contributed by atoms with E-state index >= 15 is 0 Å². The van der Waals surface area contributed by atoms with Crippen LogP contribution in [0.2, 0.25) is 0 Å². The van der Waals surface area contributed by atoms with Crippen molar-refractivity contribution in [3.05, 3.63) is 27.7 Å². The van der Waals surface area contributed by atoms with Gasteiger partial charge in [-0.05, 0) is 53.9 Å². The molecule has 6 heteroatoms. The summed E-state index contributed by atoms with van der Waals surface area (Å²) in [4.78, 5) is 0.333. The van der Waals surface area contributed by atoms with Crippen LogP contribution < -0.4 is 5.32 Å². The summed E-state index contributed by atoms with van der Waals surface area (Å²) < 4.78 is 27.5. The summed E-state index contributed by atoms with van der Waals surface area (Å²) in [6.07, 6.45) is 0. The summed E-state index contributed by atoms with van der Waals surface area (Å²) in [5.41, 5.74) is 1.90. The summed E-state index contributed by atoms with van der Waals surface area (Å²) in [5, 5.41) is 3.32. The highest BCUT2D eigenvalue weighted by Gasteiger charge is 2.26. The fourth-order valence-electron chi connectivity index (χ4n) is 1.85. The number of sulfonamides is 1. The number of nitrogens with zero attached hydrogens (tertiary/aromatic N) is 1. The van der Waals surface area contributed by atoms with Gasteiger partial charge in [-0.25, -0.2) is 8.42 Å². The molecule has 1 N–H and O–H groups in total. The van der Waals surface area contributed by atoms with Crippen LogP contribution in [0.4, 0.5) is 0 Å². The highest BCUT2D eigenvalue weighted by atomic mass is 79.9. The van der Waals surface area contributed by atoms with Gasteiger partial charge in [0.15, 0.2) is 0 Å². The molecular formula is C15H25BrN2O2S. The van der Waals surface area contributed by atoms with Crippen molar-refractivity contribution >= 4 is 26.0 Å². The summed E-state index contributed by atoms with van der Waals surface area (Å²) in [6.45, 7) is 10.4. The molecule has 0 bridgehead atoms. The summed E-state index contributed by atoms with van der Waals surface area (Å²) in [6, 6.07) is 4.03. The lowest BCUT2D eigenvalue weighted by molar-refractivity contribution is 0.410. The molecule has 0 unspecified atom stereocenters. The van der Waals surface area contributed by atoms with E-state index in [1.165, 1.54) is 4.31 Å². The first-order chi connectivity index (χ1) is 9.57. The first kappa shape index (κ1) is 18.6. The maximum absolute atomic E-state index is 12.7. The third-order valence-corrected chi connectivity index (χ3v) is 6.75. The minimum Gasteiger partial charge on any atom is -0.310 e. The molecule has 4 nitrogen and oxygen atoms in total. The predicted octanol–water partition coefficient (Wildman–Crippen LogP) is 3.28. The second kappa shape index (κ2) is 7.22. The van der Waals surface area contributed by atoms with Gasteiger partial charge in [-0.1, -0.05) is 19.9 Å². The first-order valence-corrected chi connectivity index (χ1v) is 9.31. The topological polar surface area (TPSA) is 49.4 Å². The molecule has 0 aliphatic carbocycles. The molecule has 0 saturated heterocycles. The van der Waals surface area contributed by atoms with Crippen molar-refractivity contribution in [2.75, 3.05) is 7.05 Å². The van der Waals surface area contributed by atoms with E-state index in [9.17, 15) is 8.42 Å². The van der Waals surface area contributed by atoms with Crippen LogP contribution in [-0.2, 0) is 16.6 Å². The molecule has 0 saturated carbocycles. The fraction of sp³-hybridized carbons (Fsp3) is 0.600. The van der Waals surface area contributed by atoms with E-state index in [0.29, 0.717) is 22.0 Å². The van der Waals surface area contributed by atoms with Gasteiger partial charge in [0, 0.05) is 30.1 Å². The molecule has 0 spiro atoms. The van der Waals surface area contributed by atoms with Gasteiger partial charge in [-0.3, -0.25) is 0 Å². The molecule has 0 aromatic heterocycles. The fourth-order valence-corrected chi connectivity index (χ4v) is 4.25. The van der Waals surface area contributed by atoms with Crippen LogP contribution in [0.3, 0.4) is 0 Å². The van der Waals surface area contributed by atoms with Crippen LogP contribution in [0, 0.1) is 6.92 Å². The van der Waals surface area contributed by atoms with Gasteiger partial charge in [0.2, 0.25) is 10.0 Å². The Morgan fingerprint density at radius 1 is 1.24 bits per heavy atom. The molecule has 0 aliphatic rings. The number of nitrogens with one attached hydrogen (secondary N) is 1. The molecule has 1 aromatic rings. The Hall–Kier alpha value is -0.430. The van der Waals surface area contributed by atoms with Crippen molar-refractivity contribution in [3.63, 3.8) is 0 Å². The van der Waals surface area contributed by atoms with E-state index in [1.54, 1.807) is 13.1 Å². The average Bonchev–Trinajstić information content (AvgIpc) is 2.38. The third-order valence-electron chi connectivity index (χ3n) is 3.38. The van der Waals surface area contributed by atoms with Crippen LogP contribution in [0.1, 0.15) is 38.8 Å². The van der Waals surface area contributed by atoms with Crippen LogP contribution in [0.5, 0.6) is 0 Å². The molecule has 0 heterocycles. The van der Waals surface area contributed by atoms with Gasteiger partial charge < -0.3 is 5.32 Å². The number of aryl methyl sites for hydroxylation is 1. The molecule has 0 radical (unpaired) electrons. The number of halogens is 1. The minimum absolute atomic E-state index is 0.0837. The zero-order valence-electron chi connectivity index (χ0n) is 13.6. The molecule has 1 aromatic carbocycles. The monoisotopic (exact) mass is 376 g/mol. The van der Waals surface area contributed by atoms with E-state index in [4.69, 9.17) is 0 Å². The molecule has 120 valence electrons. The Kier molecular flexibility index (Phi) is 6.40. The maximum Gasteiger partial charge on any atom is 0.244 e. The molecule has 0 amide bonds. The second-order valence-corrected chi connectivity index (χ2v) is 8.63. The molecule has 1 rings (SSSR count). The lowest BCUT2D eigenvalue weighted by Gasteiger charge is -2.23. The molecule has 21 heavy (non-hydrogen) atoms. The largest absolute Gasteiger partial charge is 0.310 e. The minimum atomic E-state index is -3.49. The summed E-state index contributed by atoms with van der Waals surface area (Å²) in [5.74, 6) is 0. The highest BCUT2D eigenvalue weighted by Crippen LogP contribution is 2.30. The van der Waals surface area contributed by atoms with E-state index in [0.717, 1.165) is 11.1 Å². The van der Waals surface area contributed by atoms with Crippen LogP contribution >= 0.6 is 15.9 Å². The summed E-state index contributed by atoms with van der Waals surface area (Å²) >= 11 is 3.42. The van der Waals surface area contributed by atoms with Crippen LogP contribution in [0.25, 0.3) is 0 Å². The van der Waals surface area contributed by atoms with Crippen molar-refractivity contribution in [3.8, 4) is 0 Å². The molecular weight excluding hydrogens is 352 g/mol. The zero-order chi connectivity index (χ0) is 16.4. The predicted molar refractivity (Wildman–Crippen MR) is 90.9 cm³/mol. The quantitative estimate of drug-likeness (QED) is 0.828. The lowest BCUT2D eigenvalue weighted by Crippen LogP contribution is -2.33. The van der Waals surface area contributed by atoms with Gasteiger partial charge in [0.25, 0.3) is 0 Å². The SMILES string of the molecule is Cc1cc(CNC(C)C)cc(S(=O)(=O)N(C)C(C)C)c1Br. The normalized spacial score (nSPS) is 12.7. The van der Waals surface area contributed by atoms with Crippen molar-refractivity contribution < 1.29 is 8.42 Å². The number of rotatable bonds is 6. The lowest BCUT2D eigenvalue weighted by atomic mass is 10.1. The molecule has 0 aliphatic heterocycles. The number of hydrogen-bond donors (Lipinski definition) is 1. The number of benzene rings is 1. The zero-order valence-corrected chi connectivity index (χ0v) is 16.0. The second-order valence-electron chi connectivity index (χ2n) is 5.88. The smallest absolute Gasteiger partial charge is 0.244 e. The van der Waals surface area contributed by atoms with Crippen molar-refractivity contribution in [2.24, 2.45) is 0 Å². The molecule has 0 atom stereocenters. The van der Waals surface area contributed by atoms with Gasteiger partial charge in [0.1, 0.15) is 0 Å². The molecule has 0 fully saturated rings. The first-order valence-electron chi connectivity index (χ1n) is 7.07. The maximum atomic E-state index is 12.7. The van der Waals surface area contributed by atoms with Gasteiger partial charge in [-0.2, -0.15) is 4.31 Å². The summed E-state index contributed by atoms with van der Waals surface area (Å²) in [7, 11) is -1.88. The van der Waals surface area contributed by atoms with Crippen LogP contribution in [-0.4, -0.2) is 31.9 Å². The number of hydrogen-bond acceptors (Lipinski definition) is 3. The average molecular weight is 377 g/mol. The Morgan fingerprint density at radius 3 is 2.29 bits per heavy atom. The van der Waals surface area contributed by atoms with Crippen molar-refractivity contribution in [1.82, 2.24) is 9.62 Å². The van der Waals surface area contributed by atoms with Gasteiger partial charge in [-0.15, -0.1) is 0 Å². The van der Waals surface area contributed by atoms with E-state index in [1.807, 2.05) is 26.8 Å². The Bertz CT molecular complexity index is 598. The van der Waals surface area contributed by atoms with Gasteiger partial charge in [0.05, 0.1) is 4.90 Å². The highest BCUT2D eigenvalue weighted by molar-refractivity contribution is 9.10. The Labute approximate surface area is 137 Å². The third kappa shape index (κ3) is 4.52.